The van der Waals surface area contributed by atoms with Crippen LogP contribution in [0.4, 0.5) is 0 Å². The molecular formula is C15H23BrN2O2. The maximum Gasteiger partial charge on any atom is 0.258 e. The minimum Gasteiger partial charge on any atom is -0.483 e. The Hall–Kier alpha value is -1.07. The molecule has 5 heteroatoms. The Balaban J connectivity index is 2.59. The molecule has 0 bridgehead atoms. The fraction of sp³-hybridized carbons (Fsp3) is 0.533. The quantitative estimate of drug-likeness (QED) is 0.799. The Morgan fingerprint density at radius 1 is 1.45 bits per heavy atom. The minimum absolute atomic E-state index is 0.00933. The predicted octanol–water partition coefficient (Wildman–Crippen LogP) is 3.15. The molecule has 20 heavy (non-hydrogen) atoms. The molecule has 4 nitrogen and oxygen atoms in total. The maximum absolute atomic E-state index is 11.8. The lowest BCUT2D eigenvalue weighted by Crippen LogP contribution is -2.36. The van der Waals surface area contributed by atoms with Gasteiger partial charge in [-0.25, -0.2) is 0 Å². The van der Waals surface area contributed by atoms with Crippen LogP contribution in [0.1, 0.15) is 45.2 Å². The molecule has 112 valence electrons. The van der Waals surface area contributed by atoms with Crippen LogP contribution >= 0.6 is 15.9 Å². The number of nitrogens with two attached hydrogens (primary N) is 1. The number of carbonyl (C=O) groups is 1. The zero-order valence-corrected chi connectivity index (χ0v) is 13.9. The van der Waals surface area contributed by atoms with E-state index in [1.807, 2.05) is 32.0 Å². The zero-order chi connectivity index (χ0) is 15.1. The number of carbonyl (C=O) groups excluding carboxylic acids is 1. The molecular weight excluding hydrogens is 320 g/mol. The van der Waals surface area contributed by atoms with Gasteiger partial charge >= 0.3 is 0 Å². The van der Waals surface area contributed by atoms with Crippen LogP contribution in [0.25, 0.3) is 0 Å². The molecule has 2 atom stereocenters. The van der Waals surface area contributed by atoms with Gasteiger partial charge in [-0.05, 0) is 38.5 Å². The summed E-state index contributed by atoms with van der Waals surface area (Å²) in [5, 5.41) is 2.91. The molecule has 1 aromatic carbocycles. The summed E-state index contributed by atoms with van der Waals surface area (Å²) in [6.07, 6.45) is 2.01. The van der Waals surface area contributed by atoms with E-state index in [4.69, 9.17) is 10.5 Å². The number of nitrogens with one attached hydrogen (secondary N) is 1. The lowest BCUT2D eigenvalue weighted by molar-refractivity contribution is -0.123. The average Bonchev–Trinajstić information content (AvgIpc) is 2.37. The van der Waals surface area contributed by atoms with Crippen LogP contribution in [-0.2, 0) is 4.79 Å². The van der Waals surface area contributed by atoms with Crippen LogP contribution in [-0.4, -0.2) is 18.6 Å². The topological polar surface area (TPSA) is 64.3 Å². The molecule has 0 aromatic heterocycles. The smallest absolute Gasteiger partial charge is 0.258 e. The van der Waals surface area contributed by atoms with Crippen molar-refractivity contribution in [3.8, 4) is 5.75 Å². The van der Waals surface area contributed by atoms with Crippen LogP contribution in [0.2, 0.25) is 0 Å². The van der Waals surface area contributed by atoms with Crippen LogP contribution < -0.4 is 15.8 Å². The van der Waals surface area contributed by atoms with E-state index in [1.165, 1.54) is 0 Å². The fourth-order valence-electron chi connectivity index (χ4n) is 1.97. The van der Waals surface area contributed by atoms with Crippen molar-refractivity contribution in [2.24, 2.45) is 5.73 Å². The monoisotopic (exact) mass is 342 g/mol. The summed E-state index contributed by atoms with van der Waals surface area (Å²) in [4.78, 5) is 11.8. The first-order valence-corrected chi connectivity index (χ1v) is 7.70. The molecule has 1 aromatic rings. The van der Waals surface area contributed by atoms with Crippen molar-refractivity contribution < 1.29 is 9.53 Å². The van der Waals surface area contributed by atoms with Crippen LogP contribution in [0.3, 0.4) is 0 Å². The number of halogens is 1. The molecule has 0 aliphatic carbocycles. The van der Waals surface area contributed by atoms with Gasteiger partial charge in [0, 0.05) is 22.1 Å². The largest absolute Gasteiger partial charge is 0.483 e. The van der Waals surface area contributed by atoms with E-state index < -0.39 is 0 Å². The van der Waals surface area contributed by atoms with Gasteiger partial charge in [0.1, 0.15) is 5.75 Å². The number of hydrogen-bond acceptors (Lipinski definition) is 3. The first-order chi connectivity index (χ1) is 9.43. The van der Waals surface area contributed by atoms with E-state index in [-0.39, 0.29) is 24.6 Å². The van der Waals surface area contributed by atoms with Gasteiger partial charge in [0.15, 0.2) is 6.61 Å². The molecule has 0 spiro atoms. The summed E-state index contributed by atoms with van der Waals surface area (Å²) in [5.41, 5.74) is 6.79. The maximum atomic E-state index is 11.8. The van der Waals surface area contributed by atoms with Gasteiger partial charge in [0.2, 0.25) is 0 Å². The van der Waals surface area contributed by atoms with E-state index in [9.17, 15) is 4.79 Å². The zero-order valence-electron chi connectivity index (χ0n) is 12.3. The van der Waals surface area contributed by atoms with Gasteiger partial charge in [-0.15, -0.1) is 0 Å². The first-order valence-electron chi connectivity index (χ1n) is 6.91. The van der Waals surface area contributed by atoms with Crippen LogP contribution in [0.5, 0.6) is 5.75 Å². The van der Waals surface area contributed by atoms with Crippen molar-refractivity contribution in [2.45, 2.75) is 45.7 Å². The summed E-state index contributed by atoms with van der Waals surface area (Å²) >= 11 is 3.40. The molecule has 0 heterocycles. The lowest BCUT2D eigenvalue weighted by Gasteiger charge is -2.16. The summed E-state index contributed by atoms with van der Waals surface area (Å²) in [5.74, 6) is 0.547. The molecule has 1 amide bonds. The van der Waals surface area contributed by atoms with Crippen molar-refractivity contribution in [3.05, 3.63) is 28.2 Å². The third-order valence-corrected chi connectivity index (χ3v) is 3.44. The van der Waals surface area contributed by atoms with Crippen LogP contribution in [0.15, 0.2) is 22.7 Å². The Morgan fingerprint density at radius 3 is 2.75 bits per heavy atom. The van der Waals surface area contributed by atoms with E-state index in [0.29, 0.717) is 5.75 Å². The van der Waals surface area contributed by atoms with E-state index in [1.54, 1.807) is 0 Å². The third kappa shape index (κ3) is 5.51. The fourth-order valence-corrected chi connectivity index (χ4v) is 2.35. The second kappa shape index (κ2) is 8.27. The normalized spacial score (nSPS) is 13.7. The molecule has 0 saturated carbocycles. The highest BCUT2D eigenvalue weighted by Crippen LogP contribution is 2.27. The van der Waals surface area contributed by atoms with Gasteiger partial charge in [0.05, 0.1) is 0 Å². The van der Waals surface area contributed by atoms with E-state index in [0.717, 1.165) is 22.9 Å². The van der Waals surface area contributed by atoms with Crippen molar-refractivity contribution in [2.75, 3.05) is 6.61 Å². The minimum atomic E-state index is -0.149. The molecule has 1 rings (SSSR count). The highest BCUT2D eigenvalue weighted by molar-refractivity contribution is 9.10. The van der Waals surface area contributed by atoms with Crippen molar-refractivity contribution in [3.63, 3.8) is 0 Å². The molecule has 0 aliphatic heterocycles. The Labute approximate surface area is 129 Å². The summed E-state index contributed by atoms with van der Waals surface area (Å²) < 4.78 is 6.52. The van der Waals surface area contributed by atoms with Gasteiger partial charge in [-0.3, -0.25) is 4.79 Å². The molecule has 0 fully saturated rings. The number of ether oxygens (including phenoxy) is 1. The average molecular weight is 343 g/mol. The number of amides is 1. The summed E-state index contributed by atoms with van der Waals surface area (Å²) in [6.45, 7) is 5.98. The first kappa shape index (κ1) is 17.0. The van der Waals surface area contributed by atoms with Gasteiger partial charge in [-0.1, -0.05) is 29.3 Å². The number of hydrogen-bond donors (Lipinski definition) is 2. The molecule has 0 radical (unpaired) electrons. The predicted molar refractivity (Wildman–Crippen MR) is 84.8 cm³/mol. The van der Waals surface area contributed by atoms with Crippen molar-refractivity contribution >= 4 is 21.8 Å². The summed E-state index contributed by atoms with van der Waals surface area (Å²) in [7, 11) is 0. The van der Waals surface area contributed by atoms with Gasteiger partial charge in [0.25, 0.3) is 5.91 Å². The lowest BCUT2D eigenvalue weighted by atomic mass is 10.1. The standard InChI is InChI=1S/C15H23BrN2O2/c1-4-5-10(2)18-15(19)9-20-14-7-6-12(16)8-13(14)11(3)17/h6-8,10-11H,4-5,9,17H2,1-3H3,(H,18,19)/t10?,11-/m0/s1. The highest BCUT2D eigenvalue weighted by Gasteiger charge is 2.12. The Bertz CT molecular complexity index is 449. The number of rotatable bonds is 7. The van der Waals surface area contributed by atoms with Crippen molar-refractivity contribution in [1.82, 2.24) is 5.32 Å². The third-order valence-electron chi connectivity index (χ3n) is 2.95. The highest BCUT2D eigenvalue weighted by atomic mass is 79.9. The van der Waals surface area contributed by atoms with Gasteiger partial charge in [-0.2, -0.15) is 0 Å². The Kier molecular flexibility index (Phi) is 7.02. The molecule has 1 unspecified atom stereocenters. The Morgan fingerprint density at radius 2 is 2.15 bits per heavy atom. The van der Waals surface area contributed by atoms with Crippen molar-refractivity contribution in [1.29, 1.82) is 0 Å². The molecule has 3 N–H and O–H groups in total. The van der Waals surface area contributed by atoms with Crippen LogP contribution in [0, 0.1) is 0 Å². The second-order valence-electron chi connectivity index (χ2n) is 5.02. The molecule has 0 aliphatic rings. The van der Waals surface area contributed by atoms with Gasteiger partial charge < -0.3 is 15.8 Å². The van der Waals surface area contributed by atoms with E-state index >= 15 is 0 Å². The number of benzene rings is 1. The SMILES string of the molecule is CCCC(C)NC(=O)COc1ccc(Br)cc1[C@H](C)N. The summed E-state index contributed by atoms with van der Waals surface area (Å²) in [6, 6.07) is 5.64. The molecule has 0 saturated heterocycles. The second-order valence-corrected chi connectivity index (χ2v) is 5.93. The van der Waals surface area contributed by atoms with E-state index in [2.05, 4.69) is 28.2 Å².